The van der Waals surface area contributed by atoms with Gasteiger partial charge in [-0.25, -0.2) is 0 Å². The number of fused-ring (bicyclic) bond motifs is 1. The fourth-order valence-electron chi connectivity index (χ4n) is 5.03. The van der Waals surface area contributed by atoms with Crippen LogP contribution in [0, 0.1) is 5.92 Å². The van der Waals surface area contributed by atoms with E-state index in [4.69, 9.17) is 0 Å². The second kappa shape index (κ2) is 10.0. The number of amides is 3. The maximum absolute atomic E-state index is 13.2. The molecule has 4 rings (SSSR count). The molecule has 184 valence electrons. The van der Waals surface area contributed by atoms with Gasteiger partial charge in [0.15, 0.2) is 5.60 Å². The summed E-state index contributed by atoms with van der Waals surface area (Å²) < 4.78 is 0. The molecule has 2 aliphatic rings. The summed E-state index contributed by atoms with van der Waals surface area (Å²) in [6, 6.07) is 14.1. The van der Waals surface area contributed by atoms with Gasteiger partial charge in [-0.15, -0.1) is 0 Å². The van der Waals surface area contributed by atoms with Crippen LogP contribution in [-0.4, -0.2) is 59.6 Å². The topological polar surface area (TPSA) is 101 Å². The summed E-state index contributed by atoms with van der Waals surface area (Å²) in [4.78, 5) is 42.3. The van der Waals surface area contributed by atoms with Crippen LogP contribution in [0.1, 0.15) is 31.7 Å². The molecule has 0 unspecified atom stereocenters. The zero-order valence-corrected chi connectivity index (χ0v) is 20.0. The summed E-state index contributed by atoms with van der Waals surface area (Å²) in [7, 11) is 1.61. The molecule has 0 aliphatic carbocycles. The van der Waals surface area contributed by atoms with E-state index in [2.05, 4.69) is 0 Å². The van der Waals surface area contributed by atoms with Gasteiger partial charge in [-0.1, -0.05) is 37.3 Å². The van der Waals surface area contributed by atoms with Gasteiger partial charge in [0.1, 0.15) is 0 Å². The van der Waals surface area contributed by atoms with Gasteiger partial charge in [0.25, 0.3) is 5.91 Å². The van der Waals surface area contributed by atoms with Crippen LogP contribution < -0.4 is 9.80 Å². The zero-order chi connectivity index (χ0) is 25.2. The number of hydrogen-bond acceptors (Lipinski definition) is 5. The predicted molar refractivity (Wildman–Crippen MR) is 133 cm³/mol. The SMILES string of the molecule is C[C@@H](/C=C/CC(=O)N1CCC[C@H]1CO)[C@]1(O)C(=O)N(C)c2ccc(N(C=O)c3ccccc3)cc21. The molecule has 3 amide bonds. The van der Waals surface area contributed by atoms with E-state index < -0.39 is 17.4 Å². The molecule has 2 aromatic rings. The number of carbonyl (C=O) groups is 3. The third kappa shape index (κ3) is 4.35. The molecule has 2 aromatic carbocycles. The second-order valence-electron chi connectivity index (χ2n) is 9.13. The van der Waals surface area contributed by atoms with Crippen molar-refractivity contribution in [3.8, 4) is 0 Å². The molecule has 1 fully saturated rings. The van der Waals surface area contributed by atoms with Crippen LogP contribution in [0.3, 0.4) is 0 Å². The molecular weight excluding hydrogens is 446 g/mol. The second-order valence-corrected chi connectivity index (χ2v) is 9.13. The smallest absolute Gasteiger partial charge is 0.264 e. The lowest BCUT2D eigenvalue weighted by Gasteiger charge is -2.28. The number of benzene rings is 2. The predicted octanol–water partition coefficient (Wildman–Crippen LogP) is 2.71. The molecule has 8 nitrogen and oxygen atoms in total. The Hall–Kier alpha value is -3.49. The highest BCUT2D eigenvalue weighted by Gasteiger charge is 2.51. The Kier molecular flexibility index (Phi) is 7.05. The summed E-state index contributed by atoms with van der Waals surface area (Å²) in [5.74, 6) is -1.18. The number of carbonyl (C=O) groups excluding carboxylic acids is 3. The summed E-state index contributed by atoms with van der Waals surface area (Å²) in [5.41, 5.74) is 0.333. The summed E-state index contributed by atoms with van der Waals surface area (Å²) in [5, 5.41) is 21.1. The number of anilines is 3. The summed E-state index contributed by atoms with van der Waals surface area (Å²) in [6.45, 7) is 2.31. The van der Waals surface area contributed by atoms with Crippen molar-refractivity contribution in [2.45, 2.75) is 37.8 Å². The van der Waals surface area contributed by atoms with Crippen molar-refractivity contribution in [1.29, 1.82) is 0 Å². The Morgan fingerprint density at radius 2 is 1.97 bits per heavy atom. The number of para-hydroxylation sites is 1. The van der Waals surface area contributed by atoms with Crippen molar-refractivity contribution < 1.29 is 24.6 Å². The first-order valence-corrected chi connectivity index (χ1v) is 11.8. The molecular formula is C27H31N3O5. The van der Waals surface area contributed by atoms with E-state index >= 15 is 0 Å². The Morgan fingerprint density at radius 1 is 1.23 bits per heavy atom. The first-order chi connectivity index (χ1) is 16.8. The lowest BCUT2D eigenvalue weighted by Crippen LogP contribution is -2.43. The van der Waals surface area contributed by atoms with E-state index in [0.29, 0.717) is 35.6 Å². The van der Waals surface area contributed by atoms with Crippen molar-refractivity contribution in [2.75, 3.05) is 30.0 Å². The van der Waals surface area contributed by atoms with Crippen LogP contribution in [0.25, 0.3) is 0 Å². The third-order valence-electron chi connectivity index (χ3n) is 7.09. The van der Waals surface area contributed by atoms with E-state index in [9.17, 15) is 24.6 Å². The highest BCUT2D eigenvalue weighted by Crippen LogP contribution is 2.46. The molecule has 2 aliphatic heterocycles. The molecule has 8 heteroatoms. The quantitative estimate of drug-likeness (QED) is 0.450. The summed E-state index contributed by atoms with van der Waals surface area (Å²) >= 11 is 0. The first kappa shape index (κ1) is 24.6. The van der Waals surface area contributed by atoms with E-state index in [0.717, 1.165) is 12.8 Å². The number of hydrogen-bond donors (Lipinski definition) is 2. The highest BCUT2D eigenvalue weighted by molar-refractivity contribution is 6.07. The van der Waals surface area contributed by atoms with Gasteiger partial charge in [-0.3, -0.25) is 19.3 Å². The van der Waals surface area contributed by atoms with Gasteiger partial charge in [-0.2, -0.15) is 0 Å². The molecule has 3 atom stereocenters. The molecule has 0 aromatic heterocycles. The van der Waals surface area contributed by atoms with Crippen LogP contribution in [0.15, 0.2) is 60.7 Å². The lowest BCUT2D eigenvalue weighted by atomic mass is 9.82. The van der Waals surface area contributed by atoms with Gasteiger partial charge in [0.05, 0.1) is 18.3 Å². The molecule has 35 heavy (non-hydrogen) atoms. The molecule has 0 spiro atoms. The fraction of sp³-hybridized carbons (Fsp3) is 0.370. The van der Waals surface area contributed by atoms with E-state index in [1.165, 1.54) is 9.80 Å². The third-order valence-corrected chi connectivity index (χ3v) is 7.09. The Balaban J connectivity index is 1.59. The van der Waals surface area contributed by atoms with E-state index in [1.807, 2.05) is 18.2 Å². The van der Waals surface area contributed by atoms with Crippen molar-refractivity contribution in [3.05, 3.63) is 66.2 Å². The average Bonchev–Trinajstić information content (AvgIpc) is 3.43. The van der Waals surface area contributed by atoms with Gasteiger partial charge < -0.3 is 20.0 Å². The molecule has 0 radical (unpaired) electrons. The Labute approximate surface area is 205 Å². The summed E-state index contributed by atoms with van der Waals surface area (Å²) in [6.07, 6.45) is 5.85. The maximum Gasteiger partial charge on any atom is 0.264 e. The first-order valence-electron chi connectivity index (χ1n) is 11.8. The van der Waals surface area contributed by atoms with E-state index in [-0.39, 0.29) is 25.0 Å². The minimum absolute atomic E-state index is 0.0493. The van der Waals surface area contributed by atoms with Gasteiger partial charge in [0, 0.05) is 42.9 Å². The van der Waals surface area contributed by atoms with Crippen molar-refractivity contribution in [1.82, 2.24) is 4.90 Å². The Morgan fingerprint density at radius 3 is 2.66 bits per heavy atom. The maximum atomic E-state index is 13.2. The normalized spacial score (nSPS) is 22.5. The highest BCUT2D eigenvalue weighted by atomic mass is 16.3. The number of likely N-dealkylation sites (N-methyl/N-ethyl adjacent to an activating group) is 1. The van der Waals surface area contributed by atoms with Crippen molar-refractivity contribution in [2.24, 2.45) is 5.92 Å². The molecule has 1 saturated heterocycles. The Bertz CT molecular complexity index is 1130. The van der Waals surface area contributed by atoms with Crippen molar-refractivity contribution >= 4 is 35.3 Å². The average molecular weight is 478 g/mol. The van der Waals surface area contributed by atoms with Crippen LogP contribution in [0.2, 0.25) is 0 Å². The van der Waals surface area contributed by atoms with Crippen LogP contribution >= 0.6 is 0 Å². The zero-order valence-electron chi connectivity index (χ0n) is 20.0. The number of nitrogens with zero attached hydrogens (tertiary/aromatic N) is 3. The van der Waals surface area contributed by atoms with Crippen LogP contribution in [-0.2, 0) is 20.0 Å². The van der Waals surface area contributed by atoms with Crippen molar-refractivity contribution in [3.63, 3.8) is 0 Å². The van der Waals surface area contributed by atoms with Crippen LogP contribution in [0.4, 0.5) is 17.1 Å². The number of likely N-dealkylation sites (tertiary alicyclic amines) is 1. The van der Waals surface area contributed by atoms with E-state index in [1.54, 1.807) is 61.4 Å². The van der Waals surface area contributed by atoms with Crippen LogP contribution in [0.5, 0.6) is 0 Å². The number of aliphatic hydroxyl groups excluding tert-OH is 1. The number of rotatable bonds is 8. The minimum Gasteiger partial charge on any atom is -0.394 e. The number of aliphatic hydroxyl groups is 2. The molecule has 0 saturated carbocycles. The standard InChI is InChI=1S/C27H31N3O5/c1-19(8-6-12-25(33)29-15-7-11-22(29)17-31)27(35)23-16-21(13-14-24(23)28(2)26(27)34)30(18-32)20-9-4-3-5-10-20/h3-6,8-10,13-14,16,18-19,22,31,35H,7,11-12,15,17H2,1-2H3/b8-6+/t19-,22-,27+/m0/s1. The molecule has 2 N–H and O–H groups in total. The van der Waals surface area contributed by atoms with Gasteiger partial charge in [-0.05, 0) is 43.2 Å². The molecule has 0 bridgehead atoms. The largest absolute Gasteiger partial charge is 0.394 e. The lowest BCUT2D eigenvalue weighted by molar-refractivity contribution is -0.139. The van der Waals surface area contributed by atoms with Gasteiger partial charge >= 0.3 is 0 Å². The van der Waals surface area contributed by atoms with Gasteiger partial charge in [0.2, 0.25) is 12.3 Å². The molecule has 2 heterocycles. The minimum atomic E-state index is -1.84. The fourth-order valence-corrected chi connectivity index (χ4v) is 5.03. The monoisotopic (exact) mass is 477 g/mol.